The van der Waals surface area contributed by atoms with Crippen LogP contribution in [0.2, 0.25) is 0 Å². The number of azo groups is 1. The van der Waals surface area contributed by atoms with Crippen LogP contribution in [0.25, 0.3) is 11.4 Å². The van der Waals surface area contributed by atoms with Crippen molar-refractivity contribution in [2.24, 2.45) is 10.2 Å². The Labute approximate surface area is 135 Å². The molecule has 0 N–H and O–H groups in total. The molecule has 3 rings (SSSR count). The lowest BCUT2D eigenvalue weighted by atomic mass is 10.1. The van der Waals surface area contributed by atoms with Crippen LogP contribution in [0.15, 0.2) is 77.1 Å². The Bertz CT molecular complexity index is 772. The summed E-state index contributed by atoms with van der Waals surface area (Å²) < 4.78 is 0. The maximum absolute atomic E-state index is 4.60. The van der Waals surface area contributed by atoms with Crippen molar-refractivity contribution in [3.63, 3.8) is 0 Å². The lowest BCUT2D eigenvalue weighted by Gasteiger charge is -2.08. The van der Waals surface area contributed by atoms with Crippen LogP contribution >= 0.6 is 0 Å². The van der Waals surface area contributed by atoms with Gasteiger partial charge in [0.05, 0.1) is 17.6 Å². The van der Waals surface area contributed by atoms with Crippen molar-refractivity contribution in [1.29, 1.82) is 0 Å². The van der Waals surface area contributed by atoms with Gasteiger partial charge in [0, 0.05) is 5.56 Å². The SMILES string of the molecule is CCC(N=Nc1ccccc1)c1cnnc(-c2ccccc2)n1. The summed E-state index contributed by atoms with van der Waals surface area (Å²) >= 11 is 0. The first kappa shape index (κ1) is 15.0. The Kier molecular flexibility index (Phi) is 4.79. The molecule has 114 valence electrons. The largest absolute Gasteiger partial charge is 0.228 e. The summed E-state index contributed by atoms with van der Waals surface area (Å²) in [7, 11) is 0. The Morgan fingerprint density at radius 3 is 2.35 bits per heavy atom. The Hall–Kier alpha value is -2.95. The number of aromatic nitrogens is 3. The smallest absolute Gasteiger partial charge is 0.182 e. The van der Waals surface area contributed by atoms with Crippen LogP contribution in [0, 0.1) is 0 Å². The quantitative estimate of drug-likeness (QED) is 0.637. The molecule has 5 heteroatoms. The molecular weight excluding hydrogens is 286 g/mol. The van der Waals surface area contributed by atoms with Gasteiger partial charge in [-0.15, -0.1) is 5.10 Å². The van der Waals surface area contributed by atoms with E-state index in [1.165, 1.54) is 0 Å². The molecule has 5 nitrogen and oxygen atoms in total. The lowest BCUT2D eigenvalue weighted by molar-refractivity contribution is 0.636. The molecule has 0 aliphatic heterocycles. The molecule has 3 aromatic rings. The molecule has 2 aromatic carbocycles. The topological polar surface area (TPSA) is 63.4 Å². The van der Waals surface area contributed by atoms with Gasteiger partial charge in [-0.3, -0.25) is 0 Å². The van der Waals surface area contributed by atoms with Gasteiger partial charge in [-0.2, -0.15) is 15.3 Å². The standard InChI is InChI=1S/C18H17N5/c1-2-16(22-21-15-11-7-4-8-12-15)17-13-19-23-18(20-17)14-9-5-3-6-10-14/h3-13,16H,2H2,1H3. The fourth-order valence-electron chi connectivity index (χ4n) is 2.17. The van der Waals surface area contributed by atoms with E-state index in [4.69, 9.17) is 0 Å². The third-order valence-electron chi connectivity index (χ3n) is 3.41. The summed E-state index contributed by atoms with van der Waals surface area (Å²) in [5.74, 6) is 0.608. The van der Waals surface area contributed by atoms with Crippen molar-refractivity contribution in [1.82, 2.24) is 15.2 Å². The molecule has 1 aromatic heterocycles. The third-order valence-corrected chi connectivity index (χ3v) is 3.41. The molecule has 1 heterocycles. The van der Waals surface area contributed by atoms with E-state index in [0.717, 1.165) is 23.4 Å². The fourth-order valence-corrected chi connectivity index (χ4v) is 2.17. The van der Waals surface area contributed by atoms with E-state index in [2.05, 4.69) is 32.3 Å². The van der Waals surface area contributed by atoms with Gasteiger partial charge in [-0.05, 0) is 18.6 Å². The summed E-state index contributed by atoms with van der Waals surface area (Å²) in [4.78, 5) is 4.60. The molecule has 0 spiro atoms. The van der Waals surface area contributed by atoms with Crippen LogP contribution in [-0.2, 0) is 0 Å². The molecule has 0 fully saturated rings. The second-order valence-electron chi connectivity index (χ2n) is 5.05. The first-order chi connectivity index (χ1) is 11.4. The Morgan fingerprint density at radius 2 is 1.65 bits per heavy atom. The predicted octanol–water partition coefficient (Wildman–Crippen LogP) is 4.77. The van der Waals surface area contributed by atoms with Crippen molar-refractivity contribution in [2.75, 3.05) is 0 Å². The van der Waals surface area contributed by atoms with E-state index in [1.807, 2.05) is 60.7 Å². The van der Waals surface area contributed by atoms with Gasteiger partial charge >= 0.3 is 0 Å². The molecule has 0 aliphatic rings. The highest BCUT2D eigenvalue weighted by molar-refractivity contribution is 5.53. The first-order valence-electron chi connectivity index (χ1n) is 7.57. The van der Waals surface area contributed by atoms with Gasteiger partial charge in [0.1, 0.15) is 6.04 Å². The maximum atomic E-state index is 4.60. The molecule has 0 radical (unpaired) electrons. The van der Waals surface area contributed by atoms with Crippen molar-refractivity contribution < 1.29 is 0 Å². The summed E-state index contributed by atoms with van der Waals surface area (Å²) in [6, 6.07) is 19.3. The fraction of sp³-hybridized carbons (Fsp3) is 0.167. The highest BCUT2D eigenvalue weighted by Crippen LogP contribution is 2.23. The van der Waals surface area contributed by atoms with Crippen LogP contribution in [-0.4, -0.2) is 15.2 Å². The van der Waals surface area contributed by atoms with Crippen molar-refractivity contribution >= 4 is 5.69 Å². The van der Waals surface area contributed by atoms with Gasteiger partial charge < -0.3 is 0 Å². The van der Waals surface area contributed by atoms with Crippen molar-refractivity contribution in [3.05, 3.63) is 72.6 Å². The summed E-state index contributed by atoms with van der Waals surface area (Å²) in [6.45, 7) is 2.05. The monoisotopic (exact) mass is 303 g/mol. The summed E-state index contributed by atoms with van der Waals surface area (Å²) in [5, 5.41) is 16.9. The number of hydrogen-bond donors (Lipinski definition) is 0. The third kappa shape index (κ3) is 3.83. The molecule has 1 atom stereocenters. The van der Waals surface area contributed by atoms with Gasteiger partial charge in [-0.1, -0.05) is 55.5 Å². The van der Waals surface area contributed by atoms with Gasteiger partial charge in [-0.25, -0.2) is 4.98 Å². The van der Waals surface area contributed by atoms with E-state index in [1.54, 1.807) is 6.20 Å². The zero-order valence-corrected chi connectivity index (χ0v) is 12.9. The molecule has 0 amide bonds. The number of nitrogens with zero attached hydrogens (tertiary/aromatic N) is 5. The molecule has 0 saturated carbocycles. The van der Waals surface area contributed by atoms with E-state index in [9.17, 15) is 0 Å². The molecule has 0 bridgehead atoms. The second-order valence-corrected chi connectivity index (χ2v) is 5.05. The summed E-state index contributed by atoms with van der Waals surface area (Å²) in [6.07, 6.45) is 2.45. The molecule has 0 saturated heterocycles. The normalized spacial score (nSPS) is 12.4. The first-order valence-corrected chi connectivity index (χ1v) is 7.57. The average molecular weight is 303 g/mol. The zero-order valence-electron chi connectivity index (χ0n) is 12.9. The Morgan fingerprint density at radius 1 is 0.957 bits per heavy atom. The van der Waals surface area contributed by atoms with Crippen molar-refractivity contribution in [2.45, 2.75) is 19.4 Å². The van der Waals surface area contributed by atoms with Gasteiger partial charge in [0.2, 0.25) is 0 Å². The second kappa shape index (κ2) is 7.35. The molecule has 0 aliphatic carbocycles. The number of rotatable bonds is 5. The predicted molar refractivity (Wildman–Crippen MR) is 89.3 cm³/mol. The van der Waals surface area contributed by atoms with Crippen LogP contribution in [0.3, 0.4) is 0 Å². The van der Waals surface area contributed by atoms with Crippen LogP contribution in [0.5, 0.6) is 0 Å². The van der Waals surface area contributed by atoms with E-state index in [0.29, 0.717) is 5.82 Å². The van der Waals surface area contributed by atoms with Gasteiger partial charge in [0.15, 0.2) is 5.82 Å². The highest BCUT2D eigenvalue weighted by atomic mass is 15.2. The minimum absolute atomic E-state index is 0.131. The Balaban J connectivity index is 1.86. The van der Waals surface area contributed by atoms with Gasteiger partial charge in [0.25, 0.3) is 0 Å². The van der Waals surface area contributed by atoms with E-state index >= 15 is 0 Å². The van der Waals surface area contributed by atoms with E-state index in [-0.39, 0.29) is 6.04 Å². The molecular formula is C18H17N5. The zero-order chi connectivity index (χ0) is 15.9. The maximum Gasteiger partial charge on any atom is 0.182 e. The summed E-state index contributed by atoms with van der Waals surface area (Å²) in [5.41, 5.74) is 2.55. The molecule has 23 heavy (non-hydrogen) atoms. The minimum Gasteiger partial charge on any atom is -0.228 e. The van der Waals surface area contributed by atoms with E-state index < -0.39 is 0 Å². The molecule has 1 unspecified atom stereocenters. The average Bonchev–Trinajstić information content (AvgIpc) is 2.64. The van der Waals surface area contributed by atoms with Crippen LogP contribution in [0.4, 0.5) is 5.69 Å². The number of hydrogen-bond acceptors (Lipinski definition) is 5. The lowest BCUT2D eigenvalue weighted by Crippen LogP contribution is -2.02. The minimum atomic E-state index is -0.131. The van der Waals surface area contributed by atoms with Crippen LogP contribution in [0.1, 0.15) is 25.1 Å². The van der Waals surface area contributed by atoms with Crippen LogP contribution < -0.4 is 0 Å². The number of benzene rings is 2. The highest BCUT2D eigenvalue weighted by Gasteiger charge is 2.12. The van der Waals surface area contributed by atoms with Crippen molar-refractivity contribution in [3.8, 4) is 11.4 Å².